The van der Waals surface area contributed by atoms with Gasteiger partial charge in [-0.05, 0) is 20.2 Å². The first kappa shape index (κ1) is 31.2. The van der Waals surface area contributed by atoms with Crippen LogP contribution >= 0.6 is 23.5 Å². The Morgan fingerprint density at radius 2 is 1.75 bits per heavy atom. The molecule has 0 fully saturated rings. The normalized spacial score (nSPS) is 13.5. The zero-order valence-corrected chi connectivity index (χ0v) is 21.9. The summed E-state index contributed by atoms with van der Waals surface area (Å²) >= 11 is 3.65. The Balaban J connectivity index is 4.40. The van der Waals surface area contributed by atoms with E-state index in [9.17, 15) is 9.59 Å². The first-order chi connectivity index (χ1) is 15.5. The van der Waals surface area contributed by atoms with Gasteiger partial charge in [-0.1, -0.05) is 32.5 Å². The van der Waals surface area contributed by atoms with Gasteiger partial charge in [-0.25, -0.2) is 0 Å². The Hall–Kier alpha value is -0.835. The lowest BCUT2D eigenvalue weighted by molar-refractivity contribution is -0.122. The van der Waals surface area contributed by atoms with E-state index in [-0.39, 0.29) is 22.2 Å². The van der Waals surface area contributed by atoms with Crippen LogP contribution in [0.2, 0.25) is 6.32 Å². The number of ether oxygens (including phenoxy) is 1. The van der Waals surface area contributed by atoms with Crippen LogP contribution < -0.4 is 10.6 Å². The molecule has 0 heterocycles. The van der Waals surface area contributed by atoms with Gasteiger partial charge in [0.05, 0.1) is 23.7 Å². The predicted octanol–water partition coefficient (Wildman–Crippen LogP) is 2.91. The summed E-state index contributed by atoms with van der Waals surface area (Å²) in [7, 11) is 5.78. The standard InChI is InChI=1S/C22H42BN4O3S2/c1-5-6-7-10-23-27-18-21(31-15-11-24-3)20(17-25-4)32-16-12-26-22(29)9-14-30-13-8-19(2)28/h17-18,20-21,24H,5-16H2,1-4H3,(H,26,29)/b25-17?,27-18-. The van der Waals surface area contributed by atoms with Crippen molar-refractivity contribution in [2.75, 3.05) is 51.9 Å². The van der Waals surface area contributed by atoms with Gasteiger partial charge >= 0.3 is 0 Å². The van der Waals surface area contributed by atoms with Gasteiger partial charge in [-0.2, -0.15) is 0 Å². The number of hydrogen-bond donors (Lipinski definition) is 2. The minimum absolute atomic E-state index is 0.0303. The fourth-order valence-electron chi connectivity index (χ4n) is 2.55. The van der Waals surface area contributed by atoms with E-state index in [2.05, 4.69) is 27.5 Å². The van der Waals surface area contributed by atoms with Crippen molar-refractivity contribution in [3.05, 3.63) is 0 Å². The van der Waals surface area contributed by atoms with Crippen molar-refractivity contribution in [3.8, 4) is 0 Å². The lowest BCUT2D eigenvalue weighted by atomic mass is 9.87. The van der Waals surface area contributed by atoms with Crippen molar-refractivity contribution in [2.24, 2.45) is 9.90 Å². The number of nitrogens with one attached hydrogen (secondary N) is 2. The number of ketones is 1. The summed E-state index contributed by atoms with van der Waals surface area (Å²) in [5.41, 5.74) is 0. The highest BCUT2D eigenvalue weighted by molar-refractivity contribution is 8.04. The van der Waals surface area contributed by atoms with E-state index in [1.165, 1.54) is 26.2 Å². The second kappa shape index (κ2) is 23.3. The summed E-state index contributed by atoms with van der Waals surface area (Å²) < 4.78 is 5.31. The second-order valence-electron chi connectivity index (χ2n) is 7.32. The third-order valence-corrected chi connectivity index (χ3v) is 7.02. The molecular weight excluding hydrogens is 443 g/mol. The van der Waals surface area contributed by atoms with Crippen LogP contribution in [-0.2, 0) is 14.3 Å². The van der Waals surface area contributed by atoms with Crippen molar-refractivity contribution in [1.82, 2.24) is 10.6 Å². The molecule has 10 heteroatoms. The quantitative estimate of drug-likeness (QED) is 0.139. The number of carbonyl (C=O) groups excluding carboxylic acids is 2. The topological polar surface area (TPSA) is 92.2 Å². The maximum atomic E-state index is 11.9. The molecule has 0 aliphatic rings. The number of aliphatic imine (C=N–C) groups is 1. The maximum absolute atomic E-state index is 11.9. The molecule has 2 N–H and O–H groups in total. The van der Waals surface area contributed by atoms with Crippen molar-refractivity contribution in [3.63, 3.8) is 0 Å². The van der Waals surface area contributed by atoms with E-state index in [0.717, 1.165) is 24.4 Å². The summed E-state index contributed by atoms with van der Waals surface area (Å²) in [6, 6.07) is 0. The van der Waals surface area contributed by atoms with Gasteiger partial charge in [0.2, 0.25) is 5.91 Å². The summed E-state index contributed by atoms with van der Waals surface area (Å²) in [5.74, 6) is 1.86. The molecule has 0 aliphatic carbocycles. The lowest BCUT2D eigenvalue weighted by Gasteiger charge is -2.20. The highest BCUT2D eigenvalue weighted by Gasteiger charge is 2.19. The minimum Gasteiger partial charge on any atom is -0.380 e. The van der Waals surface area contributed by atoms with E-state index in [4.69, 9.17) is 4.74 Å². The molecule has 0 rings (SSSR count). The van der Waals surface area contributed by atoms with Crippen LogP contribution in [0, 0.1) is 0 Å². The average Bonchev–Trinajstić information content (AvgIpc) is 2.76. The predicted molar refractivity (Wildman–Crippen MR) is 143 cm³/mol. The minimum atomic E-state index is -0.0303. The van der Waals surface area contributed by atoms with Gasteiger partial charge in [-0.3, -0.25) is 14.6 Å². The van der Waals surface area contributed by atoms with Gasteiger partial charge < -0.3 is 20.3 Å². The zero-order chi connectivity index (χ0) is 23.9. The molecule has 0 aliphatic heterocycles. The zero-order valence-electron chi connectivity index (χ0n) is 20.3. The van der Waals surface area contributed by atoms with E-state index >= 15 is 0 Å². The van der Waals surface area contributed by atoms with E-state index in [1.807, 2.05) is 38.7 Å². The van der Waals surface area contributed by atoms with Gasteiger partial charge in [0.15, 0.2) is 0 Å². The highest BCUT2D eigenvalue weighted by Crippen LogP contribution is 2.22. The molecule has 0 saturated heterocycles. The Labute approximate surface area is 204 Å². The second-order valence-corrected chi connectivity index (χ2v) is 9.89. The molecule has 0 aromatic rings. The highest BCUT2D eigenvalue weighted by atomic mass is 32.2. The third kappa shape index (κ3) is 19.8. The molecule has 0 spiro atoms. The molecule has 7 nitrogen and oxygen atoms in total. The van der Waals surface area contributed by atoms with Gasteiger partial charge in [0, 0.05) is 50.7 Å². The number of carbonyl (C=O) groups is 2. The number of unbranched alkanes of at least 4 members (excludes halogenated alkanes) is 2. The molecule has 0 aromatic carbocycles. The van der Waals surface area contributed by atoms with Crippen LogP contribution in [0.15, 0.2) is 9.90 Å². The van der Waals surface area contributed by atoms with Crippen molar-refractivity contribution >= 4 is 55.1 Å². The molecule has 0 bridgehead atoms. The molecule has 1 amide bonds. The summed E-state index contributed by atoms with van der Waals surface area (Å²) in [6.45, 7) is 6.00. The van der Waals surface area contributed by atoms with Crippen LogP contribution in [0.3, 0.4) is 0 Å². The SMILES string of the molecule is CCCCC[B]/N=C\C(SCCNC)C(C=NC)SCCNC(=O)CCOCCC(C)=O. The van der Waals surface area contributed by atoms with Crippen LogP contribution in [0.5, 0.6) is 0 Å². The van der Waals surface area contributed by atoms with E-state index in [1.54, 1.807) is 18.8 Å². The number of thioether (sulfide) groups is 2. The molecule has 1 radical (unpaired) electrons. The molecule has 0 saturated carbocycles. The molecule has 2 atom stereocenters. The van der Waals surface area contributed by atoms with Crippen LogP contribution in [0.25, 0.3) is 0 Å². The largest absolute Gasteiger partial charge is 0.380 e. The fraction of sp³-hybridized carbons (Fsp3) is 0.818. The van der Waals surface area contributed by atoms with Gasteiger partial charge in [0.1, 0.15) is 5.78 Å². The Morgan fingerprint density at radius 1 is 1.06 bits per heavy atom. The maximum Gasteiger partial charge on any atom is 0.274 e. The molecular formula is C22H42BN4O3S2. The van der Waals surface area contributed by atoms with E-state index in [0.29, 0.717) is 32.6 Å². The number of amides is 1. The van der Waals surface area contributed by atoms with Crippen molar-refractivity contribution in [2.45, 2.75) is 62.8 Å². The van der Waals surface area contributed by atoms with Gasteiger partial charge in [-0.15, -0.1) is 23.5 Å². The monoisotopic (exact) mass is 485 g/mol. The average molecular weight is 486 g/mol. The molecule has 0 aromatic heterocycles. The fourth-order valence-corrected chi connectivity index (χ4v) is 4.99. The van der Waals surface area contributed by atoms with Crippen LogP contribution in [-0.4, -0.2) is 93.9 Å². The Kier molecular flexibility index (Phi) is 22.7. The number of Topliss-reactive ketones (excluding diaryl/α,β-unsaturated/α-hetero) is 1. The summed E-state index contributed by atoms with van der Waals surface area (Å²) in [5, 5.41) is 6.55. The molecule has 32 heavy (non-hydrogen) atoms. The smallest absolute Gasteiger partial charge is 0.274 e. The van der Waals surface area contributed by atoms with Crippen molar-refractivity contribution in [1.29, 1.82) is 0 Å². The van der Waals surface area contributed by atoms with Crippen LogP contribution in [0.1, 0.15) is 46.0 Å². The third-order valence-electron chi connectivity index (χ3n) is 4.36. The molecule has 2 unspecified atom stereocenters. The van der Waals surface area contributed by atoms with E-state index < -0.39 is 0 Å². The van der Waals surface area contributed by atoms with Gasteiger partial charge in [0.25, 0.3) is 7.41 Å². The lowest BCUT2D eigenvalue weighted by Crippen LogP contribution is -2.30. The summed E-state index contributed by atoms with van der Waals surface area (Å²) in [4.78, 5) is 31.6. The first-order valence-corrected chi connectivity index (χ1v) is 13.6. The molecule has 183 valence electrons. The number of hydrogen-bond acceptors (Lipinski definition) is 8. The Morgan fingerprint density at radius 3 is 2.41 bits per heavy atom. The summed E-state index contributed by atoms with van der Waals surface area (Å²) in [6.07, 6.45) is 9.39. The number of rotatable bonds is 22. The first-order valence-electron chi connectivity index (χ1n) is 11.5. The van der Waals surface area contributed by atoms with Crippen molar-refractivity contribution < 1.29 is 14.3 Å². The Bertz CT molecular complexity index is 539. The van der Waals surface area contributed by atoms with Crippen LogP contribution in [0.4, 0.5) is 0 Å². The number of nitrogens with zero attached hydrogens (tertiary/aromatic N) is 2.